The Kier molecular flexibility index (Phi) is 3.96. The smallest absolute Gasteiger partial charge is 0.146 e. The minimum Gasteiger partial charge on any atom is -0.356 e. The lowest BCUT2D eigenvalue weighted by atomic mass is 9.95. The van der Waals surface area contributed by atoms with Gasteiger partial charge in [0.15, 0.2) is 0 Å². The van der Waals surface area contributed by atoms with Crippen LogP contribution in [0.3, 0.4) is 0 Å². The van der Waals surface area contributed by atoms with Crippen molar-refractivity contribution in [3.8, 4) is 6.07 Å². The van der Waals surface area contributed by atoms with Gasteiger partial charge in [-0.2, -0.15) is 5.26 Å². The molecule has 0 radical (unpaired) electrons. The van der Waals surface area contributed by atoms with Crippen molar-refractivity contribution in [1.29, 1.82) is 5.26 Å². The van der Waals surface area contributed by atoms with E-state index in [0.717, 1.165) is 61.9 Å². The molecule has 0 spiro atoms. The highest BCUT2D eigenvalue weighted by molar-refractivity contribution is 5.58. The van der Waals surface area contributed by atoms with Gasteiger partial charge in [0, 0.05) is 55.5 Å². The van der Waals surface area contributed by atoms with E-state index in [9.17, 15) is 5.26 Å². The lowest BCUT2D eigenvalue weighted by Crippen LogP contribution is -2.30. The Labute approximate surface area is 159 Å². The largest absolute Gasteiger partial charge is 0.356 e. The van der Waals surface area contributed by atoms with E-state index in [-0.39, 0.29) is 0 Å². The second-order valence-electron chi connectivity index (χ2n) is 8.13. The summed E-state index contributed by atoms with van der Waals surface area (Å²) in [6, 6.07) is 6.56. The zero-order valence-corrected chi connectivity index (χ0v) is 15.7. The number of nitriles is 1. The lowest BCUT2D eigenvalue weighted by Gasteiger charge is -2.25. The monoisotopic (exact) mass is 360 g/mol. The topological polar surface area (TPSA) is 68.9 Å². The Morgan fingerprint density at radius 2 is 1.74 bits per heavy atom. The van der Waals surface area contributed by atoms with Crippen molar-refractivity contribution in [3.05, 3.63) is 41.0 Å². The average Bonchev–Trinajstić information content (AvgIpc) is 3.26. The van der Waals surface area contributed by atoms with Crippen LogP contribution in [0.1, 0.15) is 35.4 Å². The number of hydrogen-bond donors (Lipinski definition) is 0. The third kappa shape index (κ3) is 2.91. The number of fused-ring (bicyclic) bond motifs is 2. The van der Waals surface area contributed by atoms with Crippen LogP contribution in [0, 0.1) is 30.1 Å². The molecule has 138 valence electrons. The van der Waals surface area contributed by atoms with E-state index in [1.807, 2.05) is 6.92 Å². The van der Waals surface area contributed by atoms with Gasteiger partial charge in [0.2, 0.25) is 0 Å². The molecule has 0 N–H and O–H groups in total. The number of nitrogens with zero attached hydrogens (tertiary/aromatic N) is 6. The SMILES string of the molecule is Cc1cc(N2CC3CN(c4nc5c(cc4C#N)CCCC5)CC3C2)ncn1. The Hall–Kier alpha value is -2.68. The molecule has 2 saturated heterocycles. The van der Waals surface area contributed by atoms with Gasteiger partial charge < -0.3 is 9.80 Å². The Bertz CT molecular complexity index is 903. The normalized spacial score (nSPS) is 23.9. The summed E-state index contributed by atoms with van der Waals surface area (Å²) in [6.07, 6.45) is 6.20. The predicted octanol–water partition coefficient (Wildman–Crippen LogP) is 2.50. The molecule has 6 nitrogen and oxygen atoms in total. The van der Waals surface area contributed by atoms with E-state index >= 15 is 0 Å². The van der Waals surface area contributed by atoms with Crippen molar-refractivity contribution in [2.75, 3.05) is 36.0 Å². The van der Waals surface area contributed by atoms with Gasteiger partial charge in [-0.15, -0.1) is 0 Å². The third-order valence-corrected chi connectivity index (χ3v) is 6.30. The fourth-order valence-corrected chi connectivity index (χ4v) is 4.91. The first-order valence-corrected chi connectivity index (χ1v) is 9.92. The molecule has 0 amide bonds. The molecule has 3 aliphatic rings. The standard InChI is InChI=1S/C21H24N6/c1-14-6-20(24-13-23-14)26-9-17-11-27(12-18(17)10-26)21-16(8-22)7-15-4-2-3-5-19(15)25-21/h6-7,13,17-18H,2-5,9-12H2,1H3. The molecule has 0 aromatic carbocycles. The molecule has 2 aromatic rings. The number of hydrogen-bond acceptors (Lipinski definition) is 6. The van der Waals surface area contributed by atoms with E-state index < -0.39 is 0 Å². The van der Waals surface area contributed by atoms with E-state index in [2.05, 4.69) is 38.0 Å². The molecule has 6 heteroatoms. The molecule has 0 bridgehead atoms. The van der Waals surface area contributed by atoms with Crippen LogP contribution in [0.25, 0.3) is 0 Å². The Morgan fingerprint density at radius 3 is 2.48 bits per heavy atom. The van der Waals surface area contributed by atoms with Gasteiger partial charge in [0.25, 0.3) is 0 Å². The van der Waals surface area contributed by atoms with Crippen LogP contribution in [-0.2, 0) is 12.8 Å². The summed E-state index contributed by atoms with van der Waals surface area (Å²) < 4.78 is 0. The summed E-state index contributed by atoms with van der Waals surface area (Å²) in [6.45, 7) is 6.00. The number of pyridine rings is 1. The van der Waals surface area contributed by atoms with Gasteiger partial charge in [-0.3, -0.25) is 0 Å². The van der Waals surface area contributed by atoms with Gasteiger partial charge in [0.05, 0.1) is 5.56 Å². The van der Waals surface area contributed by atoms with Crippen molar-refractivity contribution >= 4 is 11.6 Å². The fourth-order valence-electron chi connectivity index (χ4n) is 4.91. The predicted molar refractivity (Wildman–Crippen MR) is 104 cm³/mol. The molecule has 27 heavy (non-hydrogen) atoms. The molecule has 2 fully saturated rings. The van der Waals surface area contributed by atoms with Crippen molar-refractivity contribution < 1.29 is 0 Å². The van der Waals surface area contributed by atoms with Crippen LogP contribution in [0.2, 0.25) is 0 Å². The van der Waals surface area contributed by atoms with Crippen molar-refractivity contribution in [3.63, 3.8) is 0 Å². The summed E-state index contributed by atoms with van der Waals surface area (Å²) in [5.74, 6) is 3.15. The molecule has 4 heterocycles. The summed E-state index contributed by atoms with van der Waals surface area (Å²) in [7, 11) is 0. The summed E-state index contributed by atoms with van der Waals surface area (Å²) >= 11 is 0. The molecule has 2 aromatic heterocycles. The van der Waals surface area contributed by atoms with Crippen molar-refractivity contribution in [2.45, 2.75) is 32.6 Å². The molecule has 0 saturated carbocycles. The zero-order valence-electron chi connectivity index (χ0n) is 15.7. The van der Waals surface area contributed by atoms with Gasteiger partial charge in [-0.25, -0.2) is 15.0 Å². The fraction of sp³-hybridized carbons (Fsp3) is 0.524. The number of aromatic nitrogens is 3. The van der Waals surface area contributed by atoms with Crippen LogP contribution in [0.5, 0.6) is 0 Å². The highest BCUT2D eigenvalue weighted by Crippen LogP contribution is 2.37. The zero-order chi connectivity index (χ0) is 18.4. The maximum absolute atomic E-state index is 9.66. The molecule has 5 rings (SSSR count). The Balaban J connectivity index is 1.35. The van der Waals surface area contributed by atoms with Gasteiger partial charge in [-0.05, 0) is 44.2 Å². The van der Waals surface area contributed by atoms with Crippen molar-refractivity contribution in [1.82, 2.24) is 15.0 Å². The molecule has 2 unspecified atom stereocenters. The maximum atomic E-state index is 9.66. The van der Waals surface area contributed by atoms with Crippen LogP contribution < -0.4 is 9.80 Å². The lowest BCUT2D eigenvalue weighted by molar-refractivity contribution is 0.533. The first kappa shape index (κ1) is 16.5. The second-order valence-corrected chi connectivity index (χ2v) is 8.13. The van der Waals surface area contributed by atoms with Gasteiger partial charge >= 0.3 is 0 Å². The summed E-state index contributed by atoms with van der Waals surface area (Å²) in [4.78, 5) is 18.3. The first-order chi connectivity index (χ1) is 13.2. The number of rotatable bonds is 2. The van der Waals surface area contributed by atoms with E-state index in [0.29, 0.717) is 11.8 Å². The maximum Gasteiger partial charge on any atom is 0.146 e. The molecule has 1 aliphatic carbocycles. The highest BCUT2D eigenvalue weighted by atomic mass is 15.3. The quantitative estimate of drug-likeness (QED) is 0.820. The van der Waals surface area contributed by atoms with Gasteiger partial charge in [-0.1, -0.05) is 0 Å². The summed E-state index contributed by atoms with van der Waals surface area (Å²) in [5, 5.41) is 9.66. The van der Waals surface area contributed by atoms with Crippen LogP contribution in [-0.4, -0.2) is 41.1 Å². The van der Waals surface area contributed by atoms with Crippen molar-refractivity contribution in [2.24, 2.45) is 11.8 Å². The Morgan fingerprint density at radius 1 is 1.00 bits per heavy atom. The van der Waals surface area contributed by atoms with E-state index in [4.69, 9.17) is 4.98 Å². The molecular weight excluding hydrogens is 336 g/mol. The van der Waals surface area contributed by atoms with E-state index in [1.54, 1.807) is 6.33 Å². The number of anilines is 2. The molecular formula is C21H24N6. The first-order valence-electron chi connectivity index (χ1n) is 9.92. The molecule has 2 aliphatic heterocycles. The second kappa shape index (κ2) is 6.49. The van der Waals surface area contributed by atoms with Gasteiger partial charge in [0.1, 0.15) is 24.0 Å². The minimum atomic E-state index is 0.602. The minimum absolute atomic E-state index is 0.602. The molecule has 2 atom stereocenters. The highest BCUT2D eigenvalue weighted by Gasteiger charge is 2.41. The van der Waals surface area contributed by atoms with E-state index in [1.165, 1.54) is 24.1 Å². The number of aryl methyl sites for hydroxylation is 3. The van der Waals surface area contributed by atoms with Crippen LogP contribution in [0.4, 0.5) is 11.6 Å². The average molecular weight is 360 g/mol. The van der Waals surface area contributed by atoms with Crippen LogP contribution in [0.15, 0.2) is 18.5 Å². The van der Waals surface area contributed by atoms with Crippen LogP contribution >= 0.6 is 0 Å². The summed E-state index contributed by atoms with van der Waals surface area (Å²) in [5.41, 5.74) is 4.26. The third-order valence-electron chi connectivity index (χ3n) is 6.30.